The van der Waals surface area contributed by atoms with Gasteiger partial charge in [0.25, 0.3) is 0 Å². The van der Waals surface area contributed by atoms with Gasteiger partial charge in [-0.2, -0.15) is 0 Å². The lowest BCUT2D eigenvalue weighted by molar-refractivity contribution is -0.111. The van der Waals surface area contributed by atoms with Crippen molar-refractivity contribution >= 4 is 17.7 Å². The molecule has 6 heteroatoms. The van der Waals surface area contributed by atoms with Crippen LogP contribution >= 0.6 is 0 Å². The summed E-state index contributed by atoms with van der Waals surface area (Å²) in [5.74, 6) is 0.508. The number of anilines is 1. The molecule has 0 fully saturated rings. The Bertz CT molecular complexity index is 771. The lowest BCUT2D eigenvalue weighted by Crippen LogP contribution is -2.13. The van der Waals surface area contributed by atoms with Gasteiger partial charge in [0.2, 0.25) is 5.91 Å². The molecule has 0 bridgehead atoms. The Morgan fingerprint density at radius 3 is 2.83 bits per heavy atom. The van der Waals surface area contributed by atoms with Crippen LogP contribution in [0.25, 0.3) is 6.08 Å². The van der Waals surface area contributed by atoms with Gasteiger partial charge in [0, 0.05) is 22.9 Å². The summed E-state index contributed by atoms with van der Waals surface area (Å²) in [6, 6.07) is 9.64. The van der Waals surface area contributed by atoms with Crippen LogP contribution in [0.5, 0.6) is 11.5 Å². The molecule has 0 radical (unpaired) electrons. The van der Waals surface area contributed by atoms with E-state index < -0.39 is 5.82 Å². The molecule has 2 aromatic carbocycles. The number of carbonyl (C=O) groups excluding carboxylic acids is 1. The first-order valence-corrected chi connectivity index (χ1v) is 7.32. The fourth-order valence-corrected chi connectivity index (χ4v) is 2.36. The molecule has 2 aromatic rings. The average Bonchev–Trinajstić information content (AvgIpc) is 2.60. The molecule has 1 aliphatic heterocycles. The number of halogens is 1. The Kier molecular flexibility index (Phi) is 4.77. The fourth-order valence-electron chi connectivity index (χ4n) is 2.36. The number of methoxy groups -OCH3 is 1. The zero-order valence-corrected chi connectivity index (χ0v) is 13.0. The van der Waals surface area contributed by atoms with Crippen molar-refractivity contribution in [2.24, 2.45) is 0 Å². The van der Waals surface area contributed by atoms with Crippen molar-refractivity contribution in [2.75, 3.05) is 19.2 Å². The molecule has 0 saturated heterocycles. The van der Waals surface area contributed by atoms with Crippen LogP contribution in [0.15, 0.2) is 42.5 Å². The Balaban J connectivity index is 1.73. The predicted octanol–water partition coefficient (Wildman–Crippen LogP) is 3.35. The van der Waals surface area contributed by atoms with Crippen LogP contribution in [0.3, 0.4) is 0 Å². The first-order valence-electron chi connectivity index (χ1n) is 7.32. The standard InChI is InChI=1S/C18H16FNO4/c1-22-16-5-3-15(4-6-16)20-17(21)7-2-12-8-14(19)9-13-10-23-11-24-18(12)13/h2-9H,10-11H2,1H3,(H,20,21). The van der Waals surface area contributed by atoms with Crippen molar-refractivity contribution in [3.8, 4) is 11.5 Å². The number of hydrogen-bond donors (Lipinski definition) is 1. The molecule has 1 heterocycles. The number of hydrogen-bond acceptors (Lipinski definition) is 4. The molecule has 0 aliphatic carbocycles. The number of rotatable bonds is 4. The zero-order chi connectivity index (χ0) is 16.9. The third-order valence-electron chi connectivity index (χ3n) is 3.48. The van der Waals surface area contributed by atoms with Gasteiger partial charge in [0.15, 0.2) is 6.79 Å². The minimum atomic E-state index is -0.405. The lowest BCUT2D eigenvalue weighted by Gasteiger charge is -2.19. The van der Waals surface area contributed by atoms with Gasteiger partial charge in [-0.1, -0.05) is 0 Å². The summed E-state index contributed by atoms with van der Waals surface area (Å²) >= 11 is 0. The Hall–Kier alpha value is -2.86. The van der Waals surface area contributed by atoms with Crippen molar-refractivity contribution in [3.63, 3.8) is 0 Å². The van der Waals surface area contributed by atoms with Gasteiger partial charge in [0.05, 0.1) is 13.7 Å². The van der Waals surface area contributed by atoms with E-state index in [0.717, 1.165) is 0 Å². The van der Waals surface area contributed by atoms with E-state index in [0.29, 0.717) is 28.3 Å². The van der Waals surface area contributed by atoms with Gasteiger partial charge in [-0.15, -0.1) is 0 Å². The first-order chi connectivity index (χ1) is 11.7. The van der Waals surface area contributed by atoms with E-state index in [-0.39, 0.29) is 19.3 Å². The third-order valence-corrected chi connectivity index (χ3v) is 3.48. The summed E-state index contributed by atoms with van der Waals surface area (Å²) in [5, 5.41) is 2.72. The highest BCUT2D eigenvalue weighted by atomic mass is 19.1. The summed E-state index contributed by atoms with van der Waals surface area (Å²) in [6.07, 6.45) is 2.85. The van der Waals surface area contributed by atoms with E-state index >= 15 is 0 Å². The predicted molar refractivity (Wildman–Crippen MR) is 87.3 cm³/mol. The molecule has 1 N–H and O–H groups in total. The molecule has 1 aliphatic rings. The quantitative estimate of drug-likeness (QED) is 0.874. The Labute approximate surface area is 138 Å². The van der Waals surface area contributed by atoms with Gasteiger partial charge in [0.1, 0.15) is 17.3 Å². The first kappa shape index (κ1) is 16.0. The van der Waals surface area contributed by atoms with Crippen LogP contribution in [-0.2, 0) is 16.1 Å². The molecule has 0 saturated carbocycles. The molecule has 124 valence electrons. The zero-order valence-electron chi connectivity index (χ0n) is 13.0. The fraction of sp³-hybridized carbons (Fsp3) is 0.167. The molecule has 0 spiro atoms. The van der Waals surface area contributed by atoms with Crippen molar-refractivity contribution in [1.82, 2.24) is 0 Å². The number of amides is 1. The van der Waals surface area contributed by atoms with Crippen LogP contribution in [0.4, 0.5) is 10.1 Å². The van der Waals surface area contributed by atoms with Crippen molar-refractivity contribution < 1.29 is 23.4 Å². The summed E-state index contributed by atoms with van der Waals surface area (Å²) in [5.41, 5.74) is 1.76. The van der Waals surface area contributed by atoms with E-state index in [1.165, 1.54) is 24.3 Å². The Morgan fingerprint density at radius 2 is 2.08 bits per heavy atom. The molecular weight excluding hydrogens is 313 g/mol. The largest absolute Gasteiger partial charge is 0.497 e. The van der Waals surface area contributed by atoms with Gasteiger partial charge in [-0.25, -0.2) is 4.39 Å². The van der Waals surface area contributed by atoms with Crippen LogP contribution in [0.2, 0.25) is 0 Å². The highest BCUT2D eigenvalue weighted by molar-refractivity contribution is 6.02. The highest BCUT2D eigenvalue weighted by Gasteiger charge is 2.15. The normalized spacial score (nSPS) is 13.2. The van der Waals surface area contributed by atoms with Crippen LogP contribution in [0, 0.1) is 5.82 Å². The number of carbonyl (C=O) groups is 1. The maximum absolute atomic E-state index is 13.6. The number of nitrogens with one attached hydrogen (secondary N) is 1. The highest BCUT2D eigenvalue weighted by Crippen LogP contribution is 2.30. The van der Waals surface area contributed by atoms with E-state index in [2.05, 4.69) is 5.32 Å². The Morgan fingerprint density at radius 1 is 1.29 bits per heavy atom. The van der Waals surface area contributed by atoms with E-state index in [1.54, 1.807) is 31.4 Å². The lowest BCUT2D eigenvalue weighted by atomic mass is 10.1. The second kappa shape index (κ2) is 7.14. The molecule has 0 atom stereocenters. The van der Waals surface area contributed by atoms with Crippen molar-refractivity contribution in [1.29, 1.82) is 0 Å². The second-order valence-corrected chi connectivity index (χ2v) is 5.15. The smallest absolute Gasteiger partial charge is 0.248 e. The second-order valence-electron chi connectivity index (χ2n) is 5.15. The number of fused-ring (bicyclic) bond motifs is 1. The van der Waals surface area contributed by atoms with E-state index in [1.807, 2.05) is 0 Å². The van der Waals surface area contributed by atoms with Crippen LogP contribution < -0.4 is 14.8 Å². The third kappa shape index (κ3) is 3.72. The summed E-state index contributed by atoms with van der Waals surface area (Å²) < 4.78 is 29.2. The maximum Gasteiger partial charge on any atom is 0.248 e. The van der Waals surface area contributed by atoms with Crippen molar-refractivity contribution in [2.45, 2.75) is 6.61 Å². The van der Waals surface area contributed by atoms with Crippen LogP contribution in [0.1, 0.15) is 11.1 Å². The van der Waals surface area contributed by atoms with E-state index in [9.17, 15) is 9.18 Å². The summed E-state index contributed by atoms with van der Waals surface area (Å²) in [4.78, 5) is 12.0. The van der Waals surface area contributed by atoms with Crippen LogP contribution in [-0.4, -0.2) is 19.8 Å². The summed E-state index contributed by atoms with van der Waals surface area (Å²) in [7, 11) is 1.57. The number of ether oxygens (including phenoxy) is 3. The van der Waals surface area contributed by atoms with Gasteiger partial charge < -0.3 is 19.5 Å². The monoisotopic (exact) mass is 329 g/mol. The minimum absolute atomic E-state index is 0.109. The van der Waals surface area contributed by atoms with Gasteiger partial charge in [-0.3, -0.25) is 4.79 Å². The molecular formula is C18H16FNO4. The molecule has 5 nitrogen and oxygen atoms in total. The van der Waals surface area contributed by atoms with Gasteiger partial charge >= 0.3 is 0 Å². The van der Waals surface area contributed by atoms with E-state index in [4.69, 9.17) is 14.2 Å². The van der Waals surface area contributed by atoms with Gasteiger partial charge in [-0.05, 0) is 42.5 Å². The molecule has 3 rings (SSSR count). The SMILES string of the molecule is COc1ccc(NC(=O)C=Cc2cc(F)cc3c2OCOC3)cc1. The number of benzene rings is 2. The minimum Gasteiger partial charge on any atom is -0.497 e. The molecule has 1 amide bonds. The molecule has 24 heavy (non-hydrogen) atoms. The van der Waals surface area contributed by atoms with Crippen molar-refractivity contribution in [3.05, 3.63) is 59.4 Å². The molecule has 0 aromatic heterocycles. The summed E-state index contributed by atoms with van der Waals surface area (Å²) in [6.45, 7) is 0.392. The topological polar surface area (TPSA) is 56.8 Å². The maximum atomic E-state index is 13.6. The average molecular weight is 329 g/mol. The molecule has 0 unspecified atom stereocenters.